The highest BCUT2D eigenvalue weighted by Crippen LogP contribution is 2.21. The van der Waals surface area contributed by atoms with Crippen LogP contribution in [0.5, 0.6) is 5.75 Å². The molecular formula is C23H30F2N4O. The van der Waals surface area contributed by atoms with Gasteiger partial charge >= 0.3 is 6.61 Å². The van der Waals surface area contributed by atoms with Crippen molar-refractivity contribution >= 4 is 5.96 Å². The molecule has 0 aliphatic carbocycles. The minimum absolute atomic E-state index is 0.168. The van der Waals surface area contributed by atoms with Crippen LogP contribution < -0.4 is 15.4 Å². The fourth-order valence-electron chi connectivity index (χ4n) is 3.60. The number of hydrogen-bond donors (Lipinski definition) is 2. The molecule has 2 N–H and O–H groups in total. The highest BCUT2D eigenvalue weighted by Gasteiger charge is 2.20. The summed E-state index contributed by atoms with van der Waals surface area (Å²) in [6.45, 7) is 3.19. The fourth-order valence-corrected chi connectivity index (χ4v) is 3.60. The van der Waals surface area contributed by atoms with E-state index in [1.807, 2.05) is 13.0 Å². The SMILES string of the molecule is CCNC(=NCc1ccccc1OC(F)F)NC1CCN(Cc2ccccc2)CC1. The average Bonchev–Trinajstić information content (AvgIpc) is 2.75. The van der Waals surface area contributed by atoms with E-state index in [1.54, 1.807) is 24.3 Å². The number of ether oxygens (including phenoxy) is 1. The molecule has 3 rings (SSSR count). The molecule has 1 aliphatic rings. The van der Waals surface area contributed by atoms with Gasteiger partial charge in [-0.15, -0.1) is 0 Å². The highest BCUT2D eigenvalue weighted by molar-refractivity contribution is 5.80. The van der Waals surface area contributed by atoms with Crippen LogP contribution in [0.15, 0.2) is 59.6 Å². The predicted octanol–water partition coefficient (Wildman–Crippen LogP) is 4.01. The van der Waals surface area contributed by atoms with Crippen molar-refractivity contribution in [3.05, 3.63) is 65.7 Å². The van der Waals surface area contributed by atoms with Gasteiger partial charge in [0.05, 0.1) is 6.54 Å². The van der Waals surface area contributed by atoms with Gasteiger partial charge in [-0.25, -0.2) is 4.99 Å². The Bertz CT molecular complexity index is 793. The van der Waals surface area contributed by atoms with Crippen molar-refractivity contribution in [3.63, 3.8) is 0 Å². The van der Waals surface area contributed by atoms with Crippen LogP contribution in [0, 0.1) is 0 Å². The molecule has 162 valence electrons. The van der Waals surface area contributed by atoms with Crippen molar-refractivity contribution in [1.82, 2.24) is 15.5 Å². The zero-order valence-electron chi connectivity index (χ0n) is 17.4. The van der Waals surface area contributed by atoms with Crippen LogP contribution in [-0.2, 0) is 13.1 Å². The third kappa shape index (κ3) is 6.99. The topological polar surface area (TPSA) is 48.9 Å². The van der Waals surface area contributed by atoms with Gasteiger partial charge < -0.3 is 15.4 Å². The summed E-state index contributed by atoms with van der Waals surface area (Å²) < 4.78 is 29.8. The summed E-state index contributed by atoms with van der Waals surface area (Å²) in [4.78, 5) is 7.06. The minimum atomic E-state index is -2.84. The maximum Gasteiger partial charge on any atom is 0.387 e. The third-order valence-electron chi connectivity index (χ3n) is 5.12. The normalized spacial score (nSPS) is 15.9. The first-order chi connectivity index (χ1) is 14.6. The number of halogens is 2. The van der Waals surface area contributed by atoms with Gasteiger partial charge in [0.2, 0.25) is 0 Å². The first kappa shape index (κ1) is 22.0. The molecular weight excluding hydrogens is 386 g/mol. The molecule has 0 radical (unpaired) electrons. The molecule has 1 saturated heterocycles. The van der Waals surface area contributed by atoms with Gasteiger partial charge in [-0.3, -0.25) is 4.90 Å². The van der Waals surface area contributed by atoms with Gasteiger partial charge in [0, 0.05) is 37.8 Å². The summed E-state index contributed by atoms with van der Waals surface area (Å²) >= 11 is 0. The Kier molecular flexibility index (Phi) is 8.44. The van der Waals surface area contributed by atoms with Gasteiger partial charge in [0.25, 0.3) is 0 Å². The lowest BCUT2D eigenvalue weighted by atomic mass is 10.0. The quantitative estimate of drug-likeness (QED) is 0.504. The number of rotatable bonds is 8. The summed E-state index contributed by atoms with van der Waals surface area (Å²) in [6.07, 6.45) is 2.06. The molecule has 1 heterocycles. The van der Waals surface area contributed by atoms with E-state index in [0.29, 0.717) is 17.6 Å². The Hall–Kier alpha value is -2.67. The van der Waals surface area contributed by atoms with E-state index in [0.717, 1.165) is 39.0 Å². The van der Waals surface area contributed by atoms with Crippen LogP contribution in [0.25, 0.3) is 0 Å². The summed E-state index contributed by atoms with van der Waals surface area (Å²) in [6, 6.07) is 17.6. The van der Waals surface area contributed by atoms with Gasteiger partial charge in [-0.2, -0.15) is 8.78 Å². The maximum absolute atomic E-state index is 12.6. The number of hydrogen-bond acceptors (Lipinski definition) is 3. The second-order valence-electron chi connectivity index (χ2n) is 7.36. The van der Waals surface area contributed by atoms with Crippen LogP contribution in [-0.4, -0.2) is 43.1 Å². The monoisotopic (exact) mass is 416 g/mol. The number of piperidine rings is 1. The molecule has 0 spiro atoms. The van der Waals surface area contributed by atoms with Gasteiger partial charge in [-0.05, 0) is 31.4 Å². The zero-order chi connectivity index (χ0) is 21.2. The number of likely N-dealkylation sites (tertiary alicyclic amines) is 1. The number of aliphatic imine (C=N–C) groups is 1. The van der Waals surface area contributed by atoms with E-state index >= 15 is 0 Å². The van der Waals surface area contributed by atoms with Crippen molar-refractivity contribution in [2.45, 2.75) is 45.5 Å². The minimum Gasteiger partial charge on any atom is -0.434 e. The molecule has 7 heteroatoms. The number of alkyl halides is 2. The predicted molar refractivity (Wildman–Crippen MR) is 116 cm³/mol. The Morgan fingerprint density at radius 3 is 2.50 bits per heavy atom. The third-order valence-corrected chi connectivity index (χ3v) is 5.12. The molecule has 0 unspecified atom stereocenters. The Morgan fingerprint density at radius 2 is 1.80 bits per heavy atom. The van der Waals surface area contributed by atoms with Crippen molar-refractivity contribution in [2.75, 3.05) is 19.6 Å². The van der Waals surface area contributed by atoms with Gasteiger partial charge in [-0.1, -0.05) is 48.5 Å². The molecule has 0 amide bonds. The molecule has 1 fully saturated rings. The van der Waals surface area contributed by atoms with Crippen molar-refractivity contribution in [2.24, 2.45) is 4.99 Å². The van der Waals surface area contributed by atoms with Crippen LogP contribution >= 0.6 is 0 Å². The molecule has 30 heavy (non-hydrogen) atoms. The largest absolute Gasteiger partial charge is 0.434 e. The van der Waals surface area contributed by atoms with Crippen LogP contribution in [0.1, 0.15) is 30.9 Å². The lowest BCUT2D eigenvalue weighted by Crippen LogP contribution is -2.48. The van der Waals surface area contributed by atoms with Crippen LogP contribution in [0.3, 0.4) is 0 Å². The Labute approximate surface area is 177 Å². The molecule has 2 aromatic carbocycles. The molecule has 0 bridgehead atoms. The summed E-state index contributed by atoms with van der Waals surface area (Å²) in [5, 5.41) is 6.74. The Morgan fingerprint density at radius 1 is 1.10 bits per heavy atom. The number of para-hydroxylation sites is 1. The second kappa shape index (κ2) is 11.5. The molecule has 0 atom stereocenters. The first-order valence-electron chi connectivity index (χ1n) is 10.5. The van der Waals surface area contributed by atoms with Crippen LogP contribution in [0.4, 0.5) is 8.78 Å². The van der Waals surface area contributed by atoms with Crippen molar-refractivity contribution in [3.8, 4) is 5.75 Å². The lowest BCUT2D eigenvalue weighted by molar-refractivity contribution is -0.0504. The zero-order valence-corrected chi connectivity index (χ0v) is 17.4. The summed E-state index contributed by atoms with van der Waals surface area (Å²) in [5.41, 5.74) is 1.97. The molecule has 0 saturated carbocycles. The summed E-state index contributed by atoms with van der Waals surface area (Å²) in [5.74, 6) is 0.868. The smallest absolute Gasteiger partial charge is 0.387 e. The van der Waals surface area contributed by atoms with Gasteiger partial charge in [0.15, 0.2) is 5.96 Å². The fraction of sp³-hybridized carbons (Fsp3) is 0.435. The van der Waals surface area contributed by atoms with E-state index in [1.165, 1.54) is 5.56 Å². The summed E-state index contributed by atoms with van der Waals surface area (Å²) in [7, 11) is 0. The maximum atomic E-state index is 12.6. The molecule has 2 aromatic rings. The molecule has 0 aromatic heterocycles. The average molecular weight is 417 g/mol. The number of nitrogens with one attached hydrogen (secondary N) is 2. The second-order valence-corrected chi connectivity index (χ2v) is 7.36. The van der Waals surface area contributed by atoms with E-state index < -0.39 is 6.61 Å². The van der Waals surface area contributed by atoms with Crippen molar-refractivity contribution in [1.29, 1.82) is 0 Å². The number of nitrogens with zero attached hydrogens (tertiary/aromatic N) is 2. The van der Waals surface area contributed by atoms with E-state index in [2.05, 4.69) is 49.5 Å². The number of guanidine groups is 1. The standard InChI is InChI=1S/C23H30F2N4O/c1-2-26-23(27-16-19-10-6-7-11-21(19)30-22(24)25)28-20-12-14-29(15-13-20)17-18-8-4-3-5-9-18/h3-11,20,22H,2,12-17H2,1H3,(H2,26,27,28). The van der Waals surface area contributed by atoms with E-state index in [-0.39, 0.29) is 12.3 Å². The number of benzene rings is 2. The van der Waals surface area contributed by atoms with Crippen molar-refractivity contribution < 1.29 is 13.5 Å². The van der Waals surface area contributed by atoms with Gasteiger partial charge in [0.1, 0.15) is 5.75 Å². The lowest BCUT2D eigenvalue weighted by Gasteiger charge is -2.33. The Balaban J connectivity index is 1.53. The van der Waals surface area contributed by atoms with E-state index in [4.69, 9.17) is 0 Å². The molecule has 5 nitrogen and oxygen atoms in total. The van der Waals surface area contributed by atoms with Crippen LogP contribution in [0.2, 0.25) is 0 Å². The van der Waals surface area contributed by atoms with E-state index in [9.17, 15) is 8.78 Å². The highest BCUT2D eigenvalue weighted by atomic mass is 19.3. The molecule has 1 aliphatic heterocycles. The first-order valence-corrected chi connectivity index (χ1v) is 10.5.